The van der Waals surface area contributed by atoms with Gasteiger partial charge in [0, 0.05) is 18.7 Å². The monoisotopic (exact) mass is 436 g/mol. The molecule has 0 radical (unpaired) electrons. The van der Waals surface area contributed by atoms with Crippen LogP contribution in [-0.4, -0.2) is 46.5 Å². The fourth-order valence-corrected chi connectivity index (χ4v) is 4.45. The van der Waals surface area contributed by atoms with Gasteiger partial charge in [0.1, 0.15) is 18.9 Å². The molecular formula is C24H24N2O4S. The summed E-state index contributed by atoms with van der Waals surface area (Å²) in [5.41, 5.74) is 1.75. The van der Waals surface area contributed by atoms with Crippen LogP contribution < -0.4 is 4.74 Å². The average molecular weight is 437 g/mol. The molecule has 0 N–H and O–H groups in total. The van der Waals surface area contributed by atoms with Gasteiger partial charge in [-0.25, -0.2) is 0 Å². The van der Waals surface area contributed by atoms with Gasteiger partial charge >= 0.3 is 0 Å². The topological polar surface area (TPSA) is 66.9 Å². The summed E-state index contributed by atoms with van der Waals surface area (Å²) in [5.74, 6) is 0.0237. The summed E-state index contributed by atoms with van der Waals surface area (Å²) in [4.78, 5) is 40.9. The Bertz CT molecular complexity index is 1000. The van der Waals surface area contributed by atoms with E-state index in [9.17, 15) is 14.4 Å². The van der Waals surface area contributed by atoms with Crippen molar-refractivity contribution < 1.29 is 19.1 Å². The number of hydrogen-bond donors (Lipinski definition) is 0. The Labute approximate surface area is 185 Å². The first kappa shape index (κ1) is 21.2. The number of piperidine rings is 1. The van der Waals surface area contributed by atoms with E-state index >= 15 is 0 Å². The summed E-state index contributed by atoms with van der Waals surface area (Å²) in [6.07, 6.45) is 4.71. The Morgan fingerprint density at radius 1 is 0.968 bits per heavy atom. The second-order valence-corrected chi connectivity index (χ2v) is 8.51. The number of carbonyl (C=O) groups is 3. The van der Waals surface area contributed by atoms with E-state index in [1.54, 1.807) is 11.0 Å². The molecule has 3 amide bonds. The third-order valence-corrected chi connectivity index (χ3v) is 6.23. The number of hydrogen-bond acceptors (Lipinski definition) is 5. The zero-order valence-corrected chi connectivity index (χ0v) is 18.0. The molecule has 2 aromatic rings. The Morgan fingerprint density at radius 2 is 1.68 bits per heavy atom. The van der Waals surface area contributed by atoms with Gasteiger partial charge in [0.25, 0.3) is 11.1 Å². The summed E-state index contributed by atoms with van der Waals surface area (Å²) in [6, 6.07) is 17.2. The maximum atomic E-state index is 12.8. The number of ether oxygens (including phenoxy) is 1. The lowest BCUT2D eigenvalue weighted by Crippen LogP contribution is -2.44. The molecule has 0 bridgehead atoms. The molecule has 160 valence electrons. The minimum absolute atomic E-state index is 0.171. The maximum absolute atomic E-state index is 12.8. The first-order valence-corrected chi connectivity index (χ1v) is 11.2. The van der Waals surface area contributed by atoms with Gasteiger partial charge in [-0.3, -0.25) is 19.3 Å². The molecule has 2 aliphatic rings. The van der Waals surface area contributed by atoms with Gasteiger partial charge in [0.05, 0.1) is 4.91 Å². The SMILES string of the molecule is O=C(CN1C(=O)S/C(=C\c2ccccc2OCc2ccccc2)C1=O)N1CCCCC1. The number of rotatable bonds is 6. The van der Waals surface area contributed by atoms with Crippen molar-refractivity contribution in [3.63, 3.8) is 0 Å². The van der Waals surface area contributed by atoms with E-state index in [4.69, 9.17) is 4.74 Å². The molecule has 0 unspecified atom stereocenters. The van der Waals surface area contributed by atoms with Crippen LogP contribution in [0.4, 0.5) is 4.79 Å². The largest absolute Gasteiger partial charge is 0.488 e. The van der Waals surface area contributed by atoms with E-state index in [1.807, 2.05) is 54.6 Å². The van der Waals surface area contributed by atoms with Crippen LogP contribution in [0.15, 0.2) is 59.5 Å². The van der Waals surface area contributed by atoms with Crippen molar-refractivity contribution >= 4 is 34.9 Å². The van der Waals surface area contributed by atoms with Gasteiger partial charge in [-0.1, -0.05) is 48.5 Å². The van der Waals surface area contributed by atoms with Crippen molar-refractivity contribution in [3.05, 3.63) is 70.6 Å². The van der Waals surface area contributed by atoms with E-state index in [0.717, 1.165) is 41.5 Å². The van der Waals surface area contributed by atoms with Gasteiger partial charge in [0.2, 0.25) is 5.91 Å². The number of likely N-dealkylation sites (tertiary alicyclic amines) is 1. The minimum atomic E-state index is -0.432. The molecule has 2 aliphatic heterocycles. The standard InChI is InChI=1S/C24H24N2O4S/c27-22(25-13-7-2-8-14-25)16-26-23(28)21(31-24(26)29)15-19-11-5-6-12-20(19)30-17-18-9-3-1-4-10-18/h1,3-6,9-12,15H,2,7-8,13-14,16-17H2/b21-15-. The molecule has 4 rings (SSSR count). The second-order valence-electron chi connectivity index (χ2n) is 7.52. The molecule has 0 aliphatic carbocycles. The molecule has 0 spiro atoms. The molecule has 6 nitrogen and oxygen atoms in total. The van der Waals surface area contributed by atoms with Crippen LogP contribution in [0.5, 0.6) is 5.75 Å². The third kappa shape index (κ3) is 5.17. The Morgan fingerprint density at radius 3 is 2.45 bits per heavy atom. The average Bonchev–Trinajstić information content (AvgIpc) is 3.07. The highest BCUT2D eigenvalue weighted by Crippen LogP contribution is 2.34. The predicted molar refractivity (Wildman–Crippen MR) is 120 cm³/mol. The van der Waals surface area contributed by atoms with Crippen molar-refractivity contribution in [3.8, 4) is 5.75 Å². The molecular weight excluding hydrogens is 412 g/mol. The number of benzene rings is 2. The van der Waals surface area contributed by atoms with Crippen molar-refractivity contribution in [1.82, 2.24) is 9.80 Å². The Hall–Kier alpha value is -3.06. The molecule has 2 heterocycles. The summed E-state index contributed by atoms with van der Waals surface area (Å²) < 4.78 is 5.94. The van der Waals surface area contributed by atoms with Crippen LogP contribution in [0.1, 0.15) is 30.4 Å². The van der Waals surface area contributed by atoms with Crippen molar-refractivity contribution in [2.75, 3.05) is 19.6 Å². The molecule has 2 fully saturated rings. The van der Waals surface area contributed by atoms with E-state index in [1.165, 1.54) is 0 Å². The number of para-hydroxylation sites is 1. The number of amides is 3. The zero-order valence-electron chi connectivity index (χ0n) is 17.2. The first-order valence-electron chi connectivity index (χ1n) is 10.4. The molecule has 0 aromatic heterocycles. The zero-order chi connectivity index (χ0) is 21.6. The minimum Gasteiger partial charge on any atom is -0.488 e. The molecule has 31 heavy (non-hydrogen) atoms. The van der Waals surface area contributed by atoms with Gasteiger partial charge in [-0.05, 0) is 48.7 Å². The van der Waals surface area contributed by atoms with Crippen LogP contribution in [0.25, 0.3) is 6.08 Å². The van der Waals surface area contributed by atoms with Crippen LogP contribution >= 0.6 is 11.8 Å². The molecule has 2 aromatic carbocycles. The lowest BCUT2D eigenvalue weighted by Gasteiger charge is -2.27. The van der Waals surface area contributed by atoms with Crippen LogP contribution in [0, 0.1) is 0 Å². The number of imide groups is 1. The van der Waals surface area contributed by atoms with Crippen LogP contribution in [0.3, 0.4) is 0 Å². The summed E-state index contributed by atoms with van der Waals surface area (Å²) in [6.45, 7) is 1.58. The Balaban J connectivity index is 1.46. The summed E-state index contributed by atoms with van der Waals surface area (Å²) in [7, 11) is 0. The fraction of sp³-hybridized carbons (Fsp3) is 0.292. The molecule has 0 saturated carbocycles. The molecule has 7 heteroatoms. The quantitative estimate of drug-likeness (QED) is 0.631. The number of carbonyl (C=O) groups excluding carboxylic acids is 3. The maximum Gasteiger partial charge on any atom is 0.294 e. The lowest BCUT2D eigenvalue weighted by molar-refractivity contribution is -0.136. The fourth-order valence-electron chi connectivity index (χ4n) is 3.62. The van der Waals surface area contributed by atoms with Gasteiger partial charge < -0.3 is 9.64 Å². The molecule has 0 atom stereocenters. The van der Waals surface area contributed by atoms with Crippen molar-refractivity contribution in [2.24, 2.45) is 0 Å². The van der Waals surface area contributed by atoms with Crippen LogP contribution in [-0.2, 0) is 16.2 Å². The number of nitrogens with zero attached hydrogens (tertiary/aromatic N) is 2. The first-order chi connectivity index (χ1) is 15.1. The van der Waals surface area contributed by atoms with E-state index in [-0.39, 0.29) is 12.5 Å². The highest BCUT2D eigenvalue weighted by molar-refractivity contribution is 8.18. The van der Waals surface area contributed by atoms with E-state index in [2.05, 4.69) is 0 Å². The van der Waals surface area contributed by atoms with Gasteiger partial charge in [0.15, 0.2) is 0 Å². The normalized spacial score (nSPS) is 18.0. The van der Waals surface area contributed by atoms with Gasteiger partial charge in [-0.2, -0.15) is 0 Å². The van der Waals surface area contributed by atoms with Gasteiger partial charge in [-0.15, -0.1) is 0 Å². The van der Waals surface area contributed by atoms with Crippen LogP contribution in [0.2, 0.25) is 0 Å². The second kappa shape index (κ2) is 9.83. The van der Waals surface area contributed by atoms with Crippen molar-refractivity contribution in [2.45, 2.75) is 25.9 Å². The summed E-state index contributed by atoms with van der Waals surface area (Å²) in [5, 5.41) is -0.413. The third-order valence-electron chi connectivity index (χ3n) is 5.32. The predicted octanol–water partition coefficient (Wildman–Crippen LogP) is 4.31. The summed E-state index contributed by atoms with van der Waals surface area (Å²) >= 11 is 0.861. The van der Waals surface area contributed by atoms with Crippen molar-refractivity contribution in [1.29, 1.82) is 0 Å². The smallest absolute Gasteiger partial charge is 0.294 e. The Kier molecular flexibility index (Phi) is 6.72. The van der Waals surface area contributed by atoms with E-state index in [0.29, 0.717) is 35.9 Å². The van der Waals surface area contributed by atoms with E-state index < -0.39 is 11.1 Å². The number of thioether (sulfide) groups is 1. The highest BCUT2D eigenvalue weighted by atomic mass is 32.2. The lowest BCUT2D eigenvalue weighted by atomic mass is 10.1. The molecule has 2 saturated heterocycles. The highest BCUT2D eigenvalue weighted by Gasteiger charge is 2.37.